The molecule has 2 rings (SSSR count). The third kappa shape index (κ3) is 4.21. The number of phenolic OH excluding ortho intramolecular Hbond substituents is 1. The lowest BCUT2D eigenvalue weighted by molar-refractivity contribution is -0.137. The van der Waals surface area contributed by atoms with Gasteiger partial charge in [0.05, 0.1) is 34.5 Å². The first-order chi connectivity index (χ1) is 11.6. The van der Waals surface area contributed by atoms with Crippen molar-refractivity contribution in [1.82, 2.24) is 0 Å². The van der Waals surface area contributed by atoms with Crippen molar-refractivity contribution in [2.75, 3.05) is 12.4 Å². The molecule has 0 aliphatic carbocycles. The van der Waals surface area contributed by atoms with Crippen LogP contribution >= 0.6 is 11.6 Å². The Hall–Kier alpha value is -2.74. The maximum absolute atomic E-state index is 12.7. The highest BCUT2D eigenvalue weighted by Gasteiger charge is 2.32. The van der Waals surface area contributed by atoms with Gasteiger partial charge in [0.15, 0.2) is 0 Å². The van der Waals surface area contributed by atoms with Gasteiger partial charge >= 0.3 is 12.1 Å². The summed E-state index contributed by atoms with van der Waals surface area (Å²) >= 11 is 5.94. The van der Waals surface area contributed by atoms with Gasteiger partial charge in [-0.15, -0.1) is 0 Å². The summed E-state index contributed by atoms with van der Waals surface area (Å²) in [6, 6.07) is 5.80. The van der Waals surface area contributed by atoms with Crippen molar-refractivity contribution in [3.05, 3.63) is 58.1 Å². The molecule has 2 N–H and O–H groups in total. The quantitative estimate of drug-likeness (QED) is 0.794. The van der Waals surface area contributed by atoms with Crippen LogP contribution in [0, 0.1) is 0 Å². The number of aromatic hydroxyl groups is 1. The number of alkyl halides is 3. The van der Waals surface area contributed by atoms with Crippen LogP contribution in [-0.2, 0) is 10.9 Å². The van der Waals surface area contributed by atoms with Gasteiger partial charge in [-0.05, 0) is 36.4 Å². The van der Waals surface area contributed by atoms with E-state index in [1.54, 1.807) is 0 Å². The molecule has 0 saturated carbocycles. The maximum Gasteiger partial charge on any atom is 0.416 e. The summed E-state index contributed by atoms with van der Waals surface area (Å²) in [5.41, 5.74) is -1.46. The van der Waals surface area contributed by atoms with Gasteiger partial charge in [-0.1, -0.05) is 11.6 Å². The molecule has 2 aromatic rings. The average molecular weight is 374 g/mol. The van der Waals surface area contributed by atoms with Crippen LogP contribution in [0.1, 0.15) is 26.3 Å². The van der Waals surface area contributed by atoms with Crippen molar-refractivity contribution < 1.29 is 32.6 Å². The van der Waals surface area contributed by atoms with E-state index in [1.807, 2.05) is 0 Å². The number of carbonyl (C=O) groups is 2. The number of ether oxygens (including phenoxy) is 1. The summed E-state index contributed by atoms with van der Waals surface area (Å²) in [6.07, 6.45) is -4.66. The first-order valence-electron chi connectivity index (χ1n) is 6.73. The molecule has 5 nitrogen and oxygen atoms in total. The van der Waals surface area contributed by atoms with E-state index in [0.717, 1.165) is 6.07 Å². The summed E-state index contributed by atoms with van der Waals surface area (Å²) in [5.74, 6) is -2.25. The smallest absolute Gasteiger partial charge is 0.416 e. The highest BCUT2D eigenvalue weighted by atomic mass is 35.5. The molecule has 9 heteroatoms. The van der Waals surface area contributed by atoms with E-state index in [1.165, 1.54) is 25.3 Å². The van der Waals surface area contributed by atoms with Gasteiger partial charge in [0.25, 0.3) is 5.91 Å². The number of esters is 1. The Balaban J connectivity index is 2.30. The molecular formula is C16H11ClF3NO4. The van der Waals surface area contributed by atoms with Gasteiger partial charge in [0.2, 0.25) is 0 Å². The molecular weight excluding hydrogens is 363 g/mol. The molecule has 0 aliphatic heterocycles. The van der Waals surface area contributed by atoms with Gasteiger partial charge < -0.3 is 15.2 Å². The average Bonchev–Trinajstić information content (AvgIpc) is 2.55. The SMILES string of the molecule is COC(=O)c1ccc(NC(=O)c2cc(C(F)(F)F)ccc2O)c(Cl)c1. The van der Waals surface area contributed by atoms with E-state index in [2.05, 4.69) is 10.1 Å². The molecule has 0 bridgehead atoms. The van der Waals surface area contributed by atoms with Crippen LogP contribution in [0.5, 0.6) is 5.75 Å². The number of carbonyl (C=O) groups excluding carboxylic acids is 2. The molecule has 0 unspecified atom stereocenters. The van der Waals surface area contributed by atoms with Crippen molar-refractivity contribution in [1.29, 1.82) is 0 Å². The third-order valence-electron chi connectivity index (χ3n) is 3.21. The predicted molar refractivity (Wildman–Crippen MR) is 83.9 cm³/mol. The number of hydrogen-bond acceptors (Lipinski definition) is 4. The van der Waals surface area contributed by atoms with Gasteiger partial charge in [-0.3, -0.25) is 4.79 Å². The minimum Gasteiger partial charge on any atom is -0.507 e. The minimum absolute atomic E-state index is 0.0253. The fraction of sp³-hybridized carbons (Fsp3) is 0.125. The number of methoxy groups -OCH3 is 1. The van der Waals surface area contributed by atoms with Crippen molar-refractivity contribution in [3.8, 4) is 5.75 Å². The molecule has 0 aromatic heterocycles. The van der Waals surface area contributed by atoms with Crippen molar-refractivity contribution in [2.24, 2.45) is 0 Å². The zero-order chi connectivity index (χ0) is 18.8. The number of anilines is 1. The number of hydrogen-bond donors (Lipinski definition) is 2. The number of benzene rings is 2. The summed E-state index contributed by atoms with van der Waals surface area (Å²) < 4.78 is 42.7. The van der Waals surface area contributed by atoms with E-state index in [4.69, 9.17) is 11.6 Å². The fourth-order valence-corrected chi connectivity index (χ4v) is 2.17. The molecule has 0 aliphatic rings. The second kappa shape index (κ2) is 7.02. The Kier molecular flexibility index (Phi) is 5.22. The molecule has 0 spiro atoms. The zero-order valence-electron chi connectivity index (χ0n) is 12.6. The summed E-state index contributed by atoms with van der Waals surface area (Å²) in [4.78, 5) is 23.5. The first-order valence-corrected chi connectivity index (χ1v) is 7.10. The van der Waals surface area contributed by atoms with Crippen LogP contribution in [0.2, 0.25) is 5.02 Å². The summed E-state index contributed by atoms with van der Waals surface area (Å²) in [5, 5.41) is 11.9. The number of halogens is 4. The van der Waals surface area contributed by atoms with Gasteiger partial charge in [-0.25, -0.2) is 4.79 Å². The highest BCUT2D eigenvalue weighted by Crippen LogP contribution is 2.33. The van der Waals surface area contributed by atoms with E-state index in [0.29, 0.717) is 12.1 Å². The monoisotopic (exact) mass is 373 g/mol. The lowest BCUT2D eigenvalue weighted by Crippen LogP contribution is -2.15. The molecule has 0 radical (unpaired) electrons. The van der Waals surface area contributed by atoms with Crippen LogP contribution < -0.4 is 5.32 Å². The highest BCUT2D eigenvalue weighted by molar-refractivity contribution is 6.34. The van der Waals surface area contributed by atoms with Crippen molar-refractivity contribution >= 4 is 29.2 Å². The maximum atomic E-state index is 12.7. The fourth-order valence-electron chi connectivity index (χ4n) is 1.95. The molecule has 0 heterocycles. The lowest BCUT2D eigenvalue weighted by Gasteiger charge is -2.12. The van der Waals surface area contributed by atoms with Gasteiger partial charge in [0, 0.05) is 0 Å². The van der Waals surface area contributed by atoms with E-state index < -0.39 is 34.9 Å². The number of nitrogens with one attached hydrogen (secondary N) is 1. The van der Waals surface area contributed by atoms with Crippen LogP contribution in [0.4, 0.5) is 18.9 Å². The second-order valence-corrected chi connectivity index (χ2v) is 5.28. The normalized spacial score (nSPS) is 11.1. The summed E-state index contributed by atoms with van der Waals surface area (Å²) in [6.45, 7) is 0. The molecule has 1 amide bonds. The topological polar surface area (TPSA) is 75.6 Å². The minimum atomic E-state index is -4.66. The Bertz CT molecular complexity index is 837. The third-order valence-corrected chi connectivity index (χ3v) is 3.52. The molecule has 0 saturated heterocycles. The van der Waals surface area contributed by atoms with E-state index in [-0.39, 0.29) is 16.3 Å². The molecule has 0 atom stereocenters. The Labute approximate surface area is 145 Å². The van der Waals surface area contributed by atoms with E-state index in [9.17, 15) is 27.9 Å². The predicted octanol–water partition coefficient (Wildman–Crippen LogP) is 4.10. The lowest BCUT2D eigenvalue weighted by atomic mass is 10.1. The largest absolute Gasteiger partial charge is 0.507 e. The molecule has 0 fully saturated rings. The Morgan fingerprint density at radius 2 is 1.84 bits per heavy atom. The van der Waals surface area contributed by atoms with E-state index >= 15 is 0 Å². The Morgan fingerprint density at radius 1 is 1.16 bits per heavy atom. The Morgan fingerprint density at radius 3 is 2.40 bits per heavy atom. The van der Waals surface area contributed by atoms with Crippen molar-refractivity contribution in [2.45, 2.75) is 6.18 Å². The molecule has 2 aromatic carbocycles. The van der Waals surface area contributed by atoms with Crippen LogP contribution in [0.25, 0.3) is 0 Å². The zero-order valence-corrected chi connectivity index (χ0v) is 13.4. The number of phenols is 1. The standard InChI is InChI=1S/C16H11ClF3NO4/c1-25-15(24)8-2-4-12(11(17)6-8)21-14(23)10-7-9(16(18,19)20)3-5-13(10)22/h2-7,22H,1H3,(H,21,23). The number of rotatable bonds is 3. The second-order valence-electron chi connectivity index (χ2n) is 4.87. The summed E-state index contributed by atoms with van der Waals surface area (Å²) in [7, 11) is 1.18. The van der Waals surface area contributed by atoms with Gasteiger partial charge in [0.1, 0.15) is 5.75 Å². The van der Waals surface area contributed by atoms with Crippen LogP contribution in [0.15, 0.2) is 36.4 Å². The number of amides is 1. The van der Waals surface area contributed by atoms with Crippen molar-refractivity contribution in [3.63, 3.8) is 0 Å². The first kappa shape index (κ1) is 18.6. The molecule has 25 heavy (non-hydrogen) atoms. The molecule has 132 valence electrons. The van der Waals surface area contributed by atoms with Crippen LogP contribution in [-0.4, -0.2) is 24.1 Å². The van der Waals surface area contributed by atoms with Crippen LogP contribution in [0.3, 0.4) is 0 Å². The van der Waals surface area contributed by atoms with Gasteiger partial charge in [-0.2, -0.15) is 13.2 Å².